The average molecular weight is 502 g/mol. The van der Waals surface area contributed by atoms with Crippen LogP contribution in [0, 0.1) is 26.6 Å². The van der Waals surface area contributed by atoms with Gasteiger partial charge in [-0.2, -0.15) is 13.2 Å². The largest absolute Gasteiger partial charge is 0.466 e. The van der Waals surface area contributed by atoms with Gasteiger partial charge in [-0.25, -0.2) is 13.3 Å². The van der Waals surface area contributed by atoms with Crippen molar-refractivity contribution in [3.63, 3.8) is 0 Å². The number of hydrogen-bond acceptors (Lipinski definition) is 3. The Labute approximate surface area is 200 Å². The molecule has 0 aromatic heterocycles. The lowest BCUT2D eigenvalue weighted by molar-refractivity contribution is -0.143. The summed E-state index contributed by atoms with van der Waals surface area (Å²) in [5, 5.41) is 0. The second kappa shape index (κ2) is 10.6. The number of ether oxygens (including phenoxy) is 1. The van der Waals surface area contributed by atoms with Crippen molar-refractivity contribution in [2.75, 3.05) is 6.61 Å². The molecule has 1 unspecified atom stereocenters. The Morgan fingerprint density at radius 3 is 2.21 bits per heavy atom. The zero-order chi connectivity index (χ0) is 26.0. The fourth-order valence-corrected chi connectivity index (χ4v) is 4.38. The fourth-order valence-electron chi connectivity index (χ4n) is 3.55. The number of nitrogens with one attached hydrogen (secondary N) is 1. The van der Waals surface area contributed by atoms with Gasteiger partial charge >= 0.3 is 12.1 Å². The van der Waals surface area contributed by atoms with Crippen molar-refractivity contribution >= 4 is 17.0 Å². The number of carbonyl (C=O) groups excluding carboxylic acids is 1. The Morgan fingerprint density at radius 1 is 1.09 bits per heavy atom. The lowest BCUT2D eigenvalue weighted by atomic mass is 9.89. The highest BCUT2D eigenvalue weighted by Gasteiger charge is 2.38. The van der Waals surface area contributed by atoms with Gasteiger partial charge in [0.2, 0.25) is 0 Å². The molecule has 0 amide bonds. The third kappa shape index (κ3) is 6.44. The van der Waals surface area contributed by atoms with E-state index in [0.29, 0.717) is 5.56 Å². The molecule has 2 aromatic rings. The maximum atomic E-state index is 15.4. The summed E-state index contributed by atoms with van der Waals surface area (Å²) in [6.07, 6.45) is -5.46. The standard InChI is InChI=1S/C25H31F4NO3S/c1-8-33-21(31)13-20(30-34(32)24(5,6)7)18-11-17(12-19(23(18)26)25(27,28)29)22-15(3)10-9-14(2)16(22)4/h9-12,20,30H,8,13H2,1-7H3/t20-,34?/m0/s1. The predicted octanol–water partition coefficient (Wildman–Crippen LogP) is 6.48. The first-order chi connectivity index (χ1) is 15.6. The first-order valence-electron chi connectivity index (χ1n) is 10.9. The third-order valence-electron chi connectivity index (χ3n) is 5.50. The van der Waals surface area contributed by atoms with E-state index in [1.807, 2.05) is 13.0 Å². The zero-order valence-corrected chi connectivity index (χ0v) is 21.3. The first kappa shape index (κ1) is 28.0. The minimum Gasteiger partial charge on any atom is -0.466 e. The van der Waals surface area contributed by atoms with Crippen LogP contribution in [-0.2, 0) is 26.7 Å². The number of rotatable bonds is 7. The van der Waals surface area contributed by atoms with Crippen LogP contribution in [0.1, 0.15) is 68.0 Å². The van der Waals surface area contributed by atoms with E-state index < -0.39 is 57.3 Å². The Morgan fingerprint density at radius 2 is 1.68 bits per heavy atom. The van der Waals surface area contributed by atoms with Crippen LogP contribution in [0.3, 0.4) is 0 Å². The van der Waals surface area contributed by atoms with Crippen LogP contribution >= 0.6 is 0 Å². The van der Waals surface area contributed by atoms with Crippen molar-refractivity contribution in [3.8, 4) is 11.1 Å². The van der Waals surface area contributed by atoms with Crippen LogP contribution < -0.4 is 4.72 Å². The van der Waals surface area contributed by atoms with E-state index in [4.69, 9.17) is 4.74 Å². The molecule has 0 aliphatic heterocycles. The van der Waals surface area contributed by atoms with Crippen LogP contribution in [0.15, 0.2) is 24.3 Å². The fraction of sp³-hybridized carbons (Fsp3) is 0.480. The molecule has 9 heteroatoms. The van der Waals surface area contributed by atoms with Crippen molar-refractivity contribution in [3.05, 3.63) is 57.9 Å². The molecule has 188 valence electrons. The first-order valence-corrected chi connectivity index (χ1v) is 12.0. The van der Waals surface area contributed by atoms with Crippen molar-refractivity contribution in [2.24, 2.45) is 0 Å². The minimum absolute atomic E-state index is 0.0475. The molecule has 34 heavy (non-hydrogen) atoms. The predicted molar refractivity (Wildman–Crippen MR) is 126 cm³/mol. The van der Waals surface area contributed by atoms with Gasteiger partial charge in [0.1, 0.15) is 5.82 Å². The molecule has 0 aliphatic rings. The summed E-state index contributed by atoms with van der Waals surface area (Å²) < 4.78 is 76.6. The summed E-state index contributed by atoms with van der Waals surface area (Å²) in [7, 11) is -1.79. The van der Waals surface area contributed by atoms with Crippen LogP contribution in [0.5, 0.6) is 0 Å². The van der Waals surface area contributed by atoms with Gasteiger partial charge in [-0.15, -0.1) is 0 Å². The normalized spacial score (nSPS) is 14.1. The van der Waals surface area contributed by atoms with Gasteiger partial charge in [0.05, 0.1) is 40.4 Å². The highest BCUT2D eigenvalue weighted by molar-refractivity contribution is 7.84. The van der Waals surface area contributed by atoms with Gasteiger partial charge in [-0.05, 0) is 88.4 Å². The third-order valence-corrected chi connectivity index (χ3v) is 7.11. The highest BCUT2D eigenvalue weighted by atomic mass is 32.2. The Hall–Kier alpha value is -2.26. The maximum absolute atomic E-state index is 15.4. The molecule has 0 aliphatic carbocycles. The number of alkyl halides is 3. The molecule has 0 fully saturated rings. The molecule has 4 nitrogen and oxygen atoms in total. The van der Waals surface area contributed by atoms with Crippen molar-refractivity contribution in [1.29, 1.82) is 0 Å². The number of esters is 1. The number of carbonyl (C=O) groups is 1. The number of benzene rings is 2. The summed E-state index contributed by atoms with van der Waals surface area (Å²) in [5.41, 5.74) is 1.24. The van der Waals surface area contributed by atoms with E-state index in [9.17, 15) is 22.2 Å². The van der Waals surface area contributed by atoms with E-state index in [0.717, 1.165) is 22.8 Å². The zero-order valence-electron chi connectivity index (χ0n) is 20.4. The van der Waals surface area contributed by atoms with Gasteiger partial charge in [-0.1, -0.05) is 12.1 Å². The van der Waals surface area contributed by atoms with E-state index in [-0.39, 0.29) is 12.2 Å². The van der Waals surface area contributed by atoms with Crippen molar-refractivity contribution in [2.45, 2.75) is 71.9 Å². The molecule has 2 atom stereocenters. The lowest BCUT2D eigenvalue weighted by Gasteiger charge is -2.26. The highest BCUT2D eigenvalue weighted by Crippen LogP contribution is 2.40. The van der Waals surface area contributed by atoms with Gasteiger partial charge in [0, 0.05) is 5.56 Å². The summed E-state index contributed by atoms with van der Waals surface area (Å²) in [6.45, 7) is 12.0. The Balaban J connectivity index is 2.81. The summed E-state index contributed by atoms with van der Waals surface area (Å²) in [6, 6.07) is 4.44. The second-order valence-electron chi connectivity index (χ2n) is 9.18. The monoisotopic (exact) mass is 501 g/mol. The molecule has 0 radical (unpaired) electrons. The molecule has 0 heterocycles. The maximum Gasteiger partial charge on any atom is 0.419 e. The van der Waals surface area contributed by atoms with Crippen LogP contribution in [0.25, 0.3) is 11.1 Å². The number of aryl methyl sites for hydroxylation is 2. The molecule has 2 aromatic carbocycles. The quantitative estimate of drug-likeness (QED) is 0.349. The van der Waals surface area contributed by atoms with E-state index in [1.165, 1.54) is 6.07 Å². The lowest BCUT2D eigenvalue weighted by Crippen LogP contribution is -2.37. The second-order valence-corrected chi connectivity index (χ2v) is 11.2. The molecule has 0 bridgehead atoms. The van der Waals surface area contributed by atoms with Crippen molar-refractivity contribution in [1.82, 2.24) is 4.72 Å². The Kier molecular flexibility index (Phi) is 8.69. The molecule has 0 saturated carbocycles. The van der Waals surface area contributed by atoms with Crippen LogP contribution in [-0.4, -0.2) is 21.5 Å². The van der Waals surface area contributed by atoms with E-state index >= 15 is 4.39 Å². The van der Waals surface area contributed by atoms with Gasteiger partial charge in [0.15, 0.2) is 0 Å². The summed E-state index contributed by atoms with van der Waals surface area (Å²) >= 11 is 0. The summed E-state index contributed by atoms with van der Waals surface area (Å²) in [5.74, 6) is -2.25. The minimum atomic E-state index is -4.97. The van der Waals surface area contributed by atoms with Crippen molar-refractivity contribution < 1.29 is 31.3 Å². The van der Waals surface area contributed by atoms with Gasteiger partial charge in [0.25, 0.3) is 0 Å². The molecule has 0 spiro atoms. The van der Waals surface area contributed by atoms with Crippen LogP contribution in [0.4, 0.5) is 17.6 Å². The topological polar surface area (TPSA) is 55.4 Å². The Bertz CT molecular complexity index is 1090. The number of hydrogen-bond donors (Lipinski definition) is 1. The van der Waals surface area contributed by atoms with E-state index in [1.54, 1.807) is 47.6 Å². The summed E-state index contributed by atoms with van der Waals surface area (Å²) in [4.78, 5) is 12.3. The SMILES string of the molecule is CCOC(=O)C[C@H](NS(=O)C(C)(C)C)c1cc(-c2c(C)ccc(C)c2C)cc(C(F)(F)F)c1F. The number of halogens is 4. The molecular weight excluding hydrogens is 470 g/mol. The molecule has 1 N–H and O–H groups in total. The molecular formula is C25H31F4NO3S. The molecule has 2 rings (SSSR count). The smallest absolute Gasteiger partial charge is 0.419 e. The average Bonchev–Trinajstić information content (AvgIpc) is 2.70. The van der Waals surface area contributed by atoms with Gasteiger partial charge < -0.3 is 4.74 Å². The van der Waals surface area contributed by atoms with Gasteiger partial charge in [-0.3, -0.25) is 4.79 Å². The molecule has 0 saturated heterocycles. The van der Waals surface area contributed by atoms with Crippen LogP contribution in [0.2, 0.25) is 0 Å². The van der Waals surface area contributed by atoms with E-state index in [2.05, 4.69) is 4.72 Å².